The maximum Gasteiger partial charge on any atom is 0.301 e. The Morgan fingerprint density at radius 3 is 2.70 bits per heavy atom. The molecule has 3 aromatic rings. The van der Waals surface area contributed by atoms with Gasteiger partial charge in [0.25, 0.3) is 5.91 Å². The third-order valence-corrected chi connectivity index (χ3v) is 7.33. The fraction of sp³-hybridized carbons (Fsp3) is 0.379. The number of amides is 2. The monoisotopic (exact) mass is 552 g/mol. The van der Waals surface area contributed by atoms with Crippen LogP contribution in [0.2, 0.25) is 0 Å². The number of carbonyl (C=O) groups excluding carboxylic acids is 2. The number of carbonyl (C=O) groups is 2. The second kappa shape index (κ2) is 11.3. The van der Waals surface area contributed by atoms with Gasteiger partial charge in [0.2, 0.25) is 5.91 Å². The molecule has 1 aliphatic carbocycles. The molecular formula is C29H30F2N4O5. The summed E-state index contributed by atoms with van der Waals surface area (Å²) in [6, 6.07) is 12.6. The number of aromatic nitrogens is 2. The van der Waals surface area contributed by atoms with Crippen LogP contribution in [0.4, 0.5) is 14.6 Å². The third-order valence-electron chi connectivity index (χ3n) is 7.33. The number of halogens is 2. The molecule has 0 bridgehead atoms. The molecule has 3 N–H and O–H groups in total. The number of aryl methyl sites for hydroxylation is 1. The van der Waals surface area contributed by atoms with Crippen LogP contribution in [0.25, 0.3) is 11.1 Å². The van der Waals surface area contributed by atoms with E-state index in [0.29, 0.717) is 17.1 Å². The highest BCUT2D eigenvalue weighted by Gasteiger charge is 2.48. The molecule has 0 radical (unpaired) electrons. The molecular weight excluding hydrogens is 522 g/mol. The predicted octanol–water partition coefficient (Wildman–Crippen LogP) is 3.16. The van der Waals surface area contributed by atoms with E-state index in [0.717, 1.165) is 28.0 Å². The smallest absolute Gasteiger partial charge is 0.301 e. The number of hydrogen-bond donors (Lipinski definition) is 3. The maximum atomic E-state index is 14.8. The summed E-state index contributed by atoms with van der Waals surface area (Å²) in [5, 5.41) is 21.3. The fourth-order valence-electron chi connectivity index (χ4n) is 5.00. The zero-order valence-corrected chi connectivity index (χ0v) is 21.8. The molecule has 1 aliphatic heterocycles. The van der Waals surface area contributed by atoms with Crippen molar-refractivity contribution in [3.63, 3.8) is 0 Å². The minimum absolute atomic E-state index is 0.0252. The Balaban J connectivity index is 1.22. The van der Waals surface area contributed by atoms with Crippen LogP contribution in [0.1, 0.15) is 29.9 Å². The van der Waals surface area contributed by atoms with Crippen LogP contribution in [-0.2, 0) is 9.59 Å². The Hall–Kier alpha value is -3.96. The maximum absolute atomic E-state index is 14.8. The van der Waals surface area contributed by atoms with Crippen molar-refractivity contribution in [3.05, 3.63) is 72.2 Å². The van der Waals surface area contributed by atoms with Gasteiger partial charge in [0.05, 0.1) is 13.2 Å². The number of nitrogens with one attached hydrogen (secondary N) is 1. The average molecular weight is 553 g/mol. The summed E-state index contributed by atoms with van der Waals surface area (Å²) in [5.74, 6) is -3.64. The highest BCUT2D eigenvalue weighted by Crippen LogP contribution is 2.47. The Kier molecular flexibility index (Phi) is 7.77. The van der Waals surface area contributed by atoms with Gasteiger partial charge >= 0.3 is 5.92 Å². The van der Waals surface area contributed by atoms with Gasteiger partial charge in [0.1, 0.15) is 11.6 Å². The molecule has 1 aromatic carbocycles. The van der Waals surface area contributed by atoms with Crippen molar-refractivity contribution in [2.24, 2.45) is 5.92 Å². The van der Waals surface area contributed by atoms with Crippen molar-refractivity contribution in [2.75, 3.05) is 25.0 Å². The fourth-order valence-corrected chi connectivity index (χ4v) is 5.00. The zero-order chi connectivity index (χ0) is 28.4. The lowest BCUT2D eigenvalue weighted by Crippen LogP contribution is -2.57. The SMILES string of the molecule is Cc1cc(-c2ccnc(NC(=O)C3CC3c3cccnc3)c2)ccc1OC1CCN(C(=O)C(O)CO)CC1(F)F. The molecule has 5 rings (SSSR count). The van der Waals surface area contributed by atoms with Crippen molar-refractivity contribution in [2.45, 2.75) is 43.8 Å². The summed E-state index contributed by atoms with van der Waals surface area (Å²) in [5.41, 5.74) is 3.27. The summed E-state index contributed by atoms with van der Waals surface area (Å²) in [4.78, 5) is 34.0. The lowest BCUT2D eigenvalue weighted by Gasteiger charge is -2.38. The molecule has 210 valence electrons. The lowest BCUT2D eigenvalue weighted by atomic mass is 10.0. The number of likely N-dealkylation sites (tertiary alicyclic amines) is 1. The Labute approximate surface area is 229 Å². The normalized spacial score (nSPS) is 22.3. The molecule has 1 saturated heterocycles. The highest BCUT2D eigenvalue weighted by atomic mass is 19.3. The Morgan fingerprint density at radius 2 is 2.00 bits per heavy atom. The largest absolute Gasteiger partial charge is 0.484 e. The van der Waals surface area contributed by atoms with Crippen LogP contribution in [0.5, 0.6) is 5.75 Å². The first kappa shape index (κ1) is 27.6. The van der Waals surface area contributed by atoms with Crippen LogP contribution < -0.4 is 10.1 Å². The molecule has 2 fully saturated rings. The van der Waals surface area contributed by atoms with Gasteiger partial charge in [0, 0.05) is 37.5 Å². The van der Waals surface area contributed by atoms with Gasteiger partial charge in [-0.15, -0.1) is 0 Å². The summed E-state index contributed by atoms with van der Waals surface area (Å²) in [6.45, 7) is -0.00363. The molecule has 2 amide bonds. The molecule has 2 aromatic heterocycles. The number of alkyl halides is 2. The van der Waals surface area contributed by atoms with Gasteiger partial charge in [-0.2, -0.15) is 0 Å². The third kappa shape index (κ3) is 5.95. The van der Waals surface area contributed by atoms with Crippen molar-refractivity contribution in [1.82, 2.24) is 14.9 Å². The molecule has 0 spiro atoms. The first-order chi connectivity index (χ1) is 19.2. The standard InChI is InChI=1S/C29H30F2N4O5/c1-17-11-18(4-5-24(17)40-25-7-10-35(16-29(25,30)31)28(39)23(37)15-36)19-6-9-33-26(12-19)34-27(38)22-13-21(22)20-3-2-8-32-14-20/h2-6,8-9,11-12,14,21-23,25,36-37H,7,10,13,15-16H2,1H3,(H,33,34,38). The van der Waals surface area contributed by atoms with E-state index in [9.17, 15) is 23.5 Å². The quantitative estimate of drug-likeness (QED) is 0.392. The van der Waals surface area contributed by atoms with Gasteiger partial charge < -0.3 is 25.2 Å². The number of pyridine rings is 2. The topological polar surface area (TPSA) is 125 Å². The van der Waals surface area contributed by atoms with Crippen LogP contribution in [-0.4, -0.2) is 74.7 Å². The first-order valence-electron chi connectivity index (χ1n) is 13.1. The number of anilines is 1. The molecule has 4 atom stereocenters. The van der Waals surface area contributed by atoms with E-state index in [1.807, 2.05) is 18.2 Å². The van der Waals surface area contributed by atoms with Crippen LogP contribution in [0.3, 0.4) is 0 Å². The molecule has 40 heavy (non-hydrogen) atoms. The molecule has 1 saturated carbocycles. The second-order valence-electron chi connectivity index (χ2n) is 10.2. The minimum atomic E-state index is -3.34. The van der Waals surface area contributed by atoms with Crippen molar-refractivity contribution in [3.8, 4) is 16.9 Å². The number of benzene rings is 1. The van der Waals surface area contributed by atoms with Gasteiger partial charge in [-0.1, -0.05) is 12.1 Å². The van der Waals surface area contributed by atoms with E-state index in [1.54, 1.807) is 49.8 Å². The summed E-state index contributed by atoms with van der Waals surface area (Å²) < 4.78 is 35.4. The van der Waals surface area contributed by atoms with Crippen molar-refractivity contribution < 1.29 is 33.3 Å². The predicted molar refractivity (Wildman–Crippen MR) is 142 cm³/mol. The number of rotatable bonds is 8. The van der Waals surface area contributed by atoms with Crippen molar-refractivity contribution >= 4 is 17.6 Å². The van der Waals surface area contributed by atoms with Crippen LogP contribution in [0, 0.1) is 12.8 Å². The number of ether oxygens (including phenoxy) is 1. The van der Waals surface area contributed by atoms with E-state index >= 15 is 0 Å². The van der Waals surface area contributed by atoms with Gasteiger partial charge in [-0.05, 0) is 71.8 Å². The number of aliphatic hydroxyl groups excluding tert-OH is 2. The second-order valence-corrected chi connectivity index (χ2v) is 10.2. The first-order valence-corrected chi connectivity index (χ1v) is 13.1. The number of hydrogen-bond acceptors (Lipinski definition) is 7. The van der Waals surface area contributed by atoms with E-state index in [1.165, 1.54) is 0 Å². The van der Waals surface area contributed by atoms with E-state index < -0.39 is 37.2 Å². The molecule has 4 unspecified atom stereocenters. The average Bonchev–Trinajstić information content (AvgIpc) is 3.76. The number of piperidine rings is 1. The summed E-state index contributed by atoms with van der Waals surface area (Å²) in [6.07, 6.45) is 2.54. The van der Waals surface area contributed by atoms with E-state index in [-0.39, 0.29) is 30.7 Å². The molecule has 11 heteroatoms. The summed E-state index contributed by atoms with van der Waals surface area (Å²) >= 11 is 0. The number of nitrogens with zero attached hydrogens (tertiary/aromatic N) is 3. The summed E-state index contributed by atoms with van der Waals surface area (Å²) in [7, 11) is 0. The Bertz CT molecular complexity index is 1390. The Morgan fingerprint density at radius 1 is 1.20 bits per heavy atom. The lowest BCUT2D eigenvalue weighted by molar-refractivity contribution is -0.167. The van der Waals surface area contributed by atoms with Gasteiger partial charge in [-0.3, -0.25) is 14.6 Å². The van der Waals surface area contributed by atoms with Gasteiger partial charge in [-0.25, -0.2) is 13.8 Å². The van der Waals surface area contributed by atoms with Crippen LogP contribution >= 0.6 is 0 Å². The van der Waals surface area contributed by atoms with E-state index in [2.05, 4.69) is 15.3 Å². The highest BCUT2D eigenvalue weighted by molar-refractivity contribution is 5.95. The van der Waals surface area contributed by atoms with Crippen LogP contribution in [0.15, 0.2) is 61.1 Å². The van der Waals surface area contributed by atoms with E-state index in [4.69, 9.17) is 9.84 Å². The number of aliphatic hydroxyl groups is 2. The van der Waals surface area contributed by atoms with Crippen molar-refractivity contribution in [1.29, 1.82) is 0 Å². The molecule has 3 heterocycles. The minimum Gasteiger partial charge on any atom is -0.484 e. The molecule has 9 nitrogen and oxygen atoms in total. The zero-order valence-electron chi connectivity index (χ0n) is 21.8. The van der Waals surface area contributed by atoms with Gasteiger partial charge in [0.15, 0.2) is 12.2 Å². The molecule has 2 aliphatic rings.